The van der Waals surface area contributed by atoms with Crippen molar-refractivity contribution in [2.75, 3.05) is 6.54 Å². The number of hydrogen-bond acceptors (Lipinski definition) is 2. The first-order valence-electron chi connectivity index (χ1n) is 5.83. The Morgan fingerprint density at radius 3 is 2.56 bits per heavy atom. The predicted molar refractivity (Wildman–Crippen MR) is 71.5 cm³/mol. The normalized spacial score (nSPS) is 12.1. The molecule has 0 aliphatic carbocycles. The van der Waals surface area contributed by atoms with Gasteiger partial charge in [0, 0.05) is 6.54 Å². The minimum Gasteiger partial charge on any atom is -0.330 e. The number of nitrogens with two attached hydrogens (primary N) is 1. The van der Waals surface area contributed by atoms with Crippen LogP contribution in [0.3, 0.4) is 0 Å². The number of nitrogens with zero attached hydrogens (tertiary/aromatic N) is 2. The van der Waals surface area contributed by atoms with Crippen molar-refractivity contribution >= 4 is 15.9 Å². The van der Waals surface area contributed by atoms with E-state index in [0.717, 1.165) is 36.1 Å². The maximum absolute atomic E-state index is 5.65. The van der Waals surface area contributed by atoms with E-state index >= 15 is 0 Å². The highest BCUT2D eigenvalue weighted by atomic mass is 79.9. The lowest BCUT2D eigenvalue weighted by atomic mass is 9.84. The van der Waals surface area contributed by atoms with Crippen LogP contribution >= 0.6 is 15.9 Å². The summed E-state index contributed by atoms with van der Waals surface area (Å²) in [4.78, 5) is 0. The lowest BCUT2D eigenvalue weighted by molar-refractivity contribution is 0.327. The Kier molecular flexibility index (Phi) is 4.56. The summed E-state index contributed by atoms with van der Waals surface area (Å²) in [6.45, 7) is 10.3. The molecule has 3 nitrogen and oxygen atoms in total. The second-order valence-corrected chi connectivity index (χ2v) is 5.83. The van der Waals surface area contributed by atoms with E-state index < -0.39 is 0 Å². The summed E-state index contributed by atoms with van der Waals surface area (Å²) >= 11 is 3.63. The highest BCUT2D eigenvalue weighted by Gasteiger charge is 2.22. The molecular weight excluding hydrogens is 266 g/mol. The molecular formula is C12H22BrN3. The van der Waals surface area contributed by atoms with Crippen molar-refractivity contribution in [1.29, 1.82) is 0 Å². The quantitative estimate of drug-likeness (QED) is 0.905. The maximum Gasteiger partial charge on any atom is 0.0738 e. The number of aryl methyl sites for hydroxylation is 2. The molecule has 0 saturated carbocycles. The molecule has 0 unspecified atom stereocenters. The average molecular weight is 288 g/mol. The van der Waals surface area contributed by atoms with Crippen molar-refractivity contribution in [3.63, 3.8) is 0 Å². The van der Waals surface area contributed by atoms with E-state index in [4.69, 9.17) is 5.73 Å². The highest BCUT2D eigenvalue weighted by Crippen LogP contribution is 2.30. The first-order chi connectivity index (χ1) is 7.41. The van der Waals surface area contributed by atoms with E-state index in [-0.39, 0.29) is 5.41 Å². The molecule has 0 aliphatic heterocycles. The molecule has 4 heteroatoms. The van der Waals surface area contributed by atoms with E-state index in [0.29, 0.717) is 0 Å². The van der Waals surface area contributed by atoms with Gasteiger partial charge < -0.3 is 5.73 Å². The van der Waals surface area contributed by atoms with Gasteiger partial charge in [0.25, 0.3) is 0 Å². The molecule has 0 radical (unpaired) electrons. The molecule has 0 spiro atoms. The third kappa shape index (κ3) is 3.08. The largest absolute Gasteiger partial charge is 0.330 e. The molecule has 0 aromatic carbocycles. The van der Waals surface area contributed by atoms with Crippen LogP contribution in [0, 0.1) is 12.3 Å². The molecule has 0 aliphatic rings. The van der Waals surface area contributed by atoms with Gasteiger partial charge in [0.2, 0.25) is 0 Å². The second kappa shape index (κ2) is 5.32. The van der Waals surface area contributed by atoms with Gasteiger partial charge in [-0.15, -0.1) is 0 Å². The highest BCUT2D eigenvalue weighted by molar-refractivity contribution is 9.10. The summed E-state index contributed by atoms with van der Waals surface area (Å²) in [5.74, 6) is 0. The zero-order chi connectivity index (χ0) is 12.3. The SMILES string of the molecule is CCn1nc(C)c(Br)c1CC(C)(C)CCN. The molecule has 0 fully saturated rings. The predicted octanol–water partition coefficient (Wildman–Crippen LogP) is 2.89. The van der Waals surface area contributed by atoms with E-state index in [1.165, 1.54) is 5.69 Å². The number of aromatic nitrogens is 2. The zero-order valence-electron chi connectivity index (χ0n) is 10.7. The van der Waals surface area contributed by atoms with Crippen molar-refractivity contribution in [2.45, 2.75) is 47.1 Å². The summed E-state index contributed by atoms with van der Waals surface area (Å²) in [7, 11) is 0. The Balaban J connectivity index is 2.95. The fourth-order valence-corrected chi connectivity index (χ4v) is 2.39. The van der Waals surface area contributed by atoms with E-state index in [1.807, 2.05) is 6.92 Å². The zero-order valence-corrected chi connectivity index (χ0v) is 12.3. The molecule has 0 saturated heterocycles. The van der Waals surface area contributed by atoms with Gasteiger partial charge in [-0.25, -0.2) is 0 Å². The Hall–Kier alpha value is -0.350. The van der Waals surface area contributed by atoms with Crippen LogP contribution in [0.1, 0.15) is 38.6 Å². The van der Waals surface area contributed by atoms with Crippen molar-refractivity contribution < 1.29 is 0 Å². The molecule has 92 valence electrons. The molecule has 1 aromatic heterocycles. The van der Waals surface area contributed by atoms with Crippen LogP contribution in [0.25, 0.3) is 0 Å². The first-order valence-corrected chi connectivity index (χ1v) is 6.62. The van der Waals surface area contributed by atoms with Crippen molar-refractivity contribution in [2.24, 2.45) is 11.1 Å². The molecule has 1 heterocycles. The van der Waals surface area contributed by atoms with Gasteiger partial charge in [-0.2, -0.15) is 5.10 Å². The van der Waals surface area contributed by atoms with E-state index in [9.17, 15) is 0 Å². The van der Waals surface area contributed by atoms with Crippen molar-refractivity contribution in [3.05, 3.63) is 15.9 Å². The number of hydrogen-bond donors (Lipinski definition) is 1. The lowest BCUT2D eigenvalue weighted by Gasteiger charge is -2.24. The Morgan fingerprint density at radius 1 is 1.44 bits per heavy atom. The summed E-state index contributed by atoms with van der Waals surface area (Å²) in [6.07, 6.45) is 2.05. The Bertz CT molecular complexity index is 355. The van der Waals surface area contributed by atoms with Gasteiger partial charge in [-0.1, -0.05) is 13.8 Å². The number of rotatable bonds is 5. The average Bonchev–Trinajstić information content (AvgIpc) is 2.45. The molecule has 1 aromatic rings. The van der Waals surface area contributed by atoms with Crippen LogP contribution in [-0.2, 0) is 13.0 Å². The van der Waals surface area contributed by atoms with Gasteiger partial charge in [0.05, 0.1) is 15.9 Å². The minimum absolute atomic E-state index is 0.233. The van der Waals surface area contributed by atoms with Gasteiger partial charge >= 0.3 is 0 Å². The second-order valence-electron chi connectivity index (χ2n) is 5.04. The summed E-state index contributed by atoms with van der Waals surface area (Å²) in [5.41, 5.74) is 8.24. The summed E-state index contributed by atoms with van der Waals surface area (Å²) in [6, 6.07) is 0. The lowest BCUT2D eigenvalue weighted by Crippen LogP contribution is -2.21. The van der Waals surface area contributed by atoms with Crippen molar-refractivity contribution in [3.8, 4) is 0 Å². The van der Waals surface area contributed by atoms with Gasteiger partial charge in [0.15, 0.2) is 0 Å². The molecule has 2 N–H and O–H groups in total. The Labute approximate surface area is 107 Å². The monoisotopic (exact) mass is 287 g/mol. The van der Waals surface area contributed by atoms with Gasteiger partial charge in [-0.05, 0) is 54.6 Å². The van der Waals surface area contributed by atoms with Crippen molar-refractivity contribution in [1.82, 2.24) is 9.78 Å². The minimum atomic E-state index is 0.233. The standard InChI is InChI=1S/C12H22BrN3/c1-5-16-10(11(13)9(2)15-16)8-12(3,4)6-7-14/h5-8,14H2,1-4H3. The van der Waals surface area contributed by atoms with Crippen LogP contribution in [-0.4, -0.2) is 16.3 Å². The fourth-order valence-electron chi connectivity index (χ4n) is 1.97. The van der Waals surface area contributed by atoms with Crippen LogP contribution in [0.15, 0.2) is 4.47 Å². The fraction of sp³-hybridized carbons (Fsp3) is 0.750. The van der Waals surface area contributed by atoms with E-state index in [1.54, 1.807) is 0 Å². The number of halogens is 1. The molecule has 0 amide bonds. The van der Waals surface area contributed by atoms with Gasteiger partial charge in [-0.3, -0.25) is 4.68 Å². The molecule has 1 rings (SSSR count). The smallest absolute Gasteiger partial charge is 0.0738 e. The molecule has 16 heavy (non-hydrogen) atoms. The van der Waals surface area contributed by atoms with Crippen LogP contribution in [0.4, 0.5) is 0 Å². The van der Waals surface area contributed by atoms with Crippen LogP contribution in [0.2, 0.25) is 0 Å². The third-order valence-electron chi connectivity index (χ3n) is 2.92. The third-order valence-corrected chi connectivity index (χ3v) is 3.95. The molecule has 0 bridgehead atoms. The van der Waals surface area contributed by atoms with Crippen LogP contribution < -0.4 is 5.73 Å². The molecule has 0 atom stereocenters. The topological polar surface area (TPSA) is 43.8 Å². The van der Waals surface area contributed by atoms with Gasteiger partial charge in [0.1, 0.15) is 0 Å². The van der Waals surface area contributed by atoms with E-state index in [2.05, 4.69) is 46.5 Å². The Morgan fingerprint density at radius 2 is 2.06 bits per heavy atom. The first kappa shape index (κ1) is 13.7. The summed E-state index contributed by atoms with van der Waals surface area (Å²) < 4.78 is 3.23. The summed E-state index contributed by atoms with van der Waals surface area (Å²) in [5, 5.41) is 4.51. The van der Waals surface area contributed by atoms with Crippen LogP contribution in [0.5, 0.6) is 0 Å². The maximum atomic E-state index is 5.65.